The Bertz CT molecular complexity index is 509. The van der Waals surface area contributed by atoms with E-state index in [2.05, 4.69) is 5.32 Å². The van der Waals surface area contributed by atoms with Crippen molar-refractivity contribution in [3.8, 4) is 0 Å². The molecule has 7 nitrogen and oxygen atoms in total. The summed E-state index contributed by atoms with van der Waals surface area (Å²) in [6.45, 7) is 11.1. The van der Waals surface area contributed by atoms with E-state index >= 15 is 0 Å². The lowest BCUT2D eigenvalue weighted by Gasteiger charge is -2.34. The van der Waals surface area contributed by atoms with Crippen LogP contribution in [0, 0.1) is 5.92 Å². The first kappa shape index (κ1) is 24.1. The topological polar surface area (TPSA) is 84.9 Å². The van der Waals surface area contributed by atoms with Crippen molar-refractivity contribution in [2.45, 2.75) is 78.2 Å². The van der Waals surface area contributed by atoms with Gasteiger partial charge in [-0.25, -0.2) is 14.0 Å². The van der Waals surface area contributed by atoms with Crippen LogP contribution >= 0.6 is 0 Å². The van der Waals surface area contributed by atoms with Crippen LogP contribution in [-0.4, -0.2) is 60.4 Å². The lowest BCUT2D eigenvalue weighted by molar-refractivity contribution is -0.154. The van der Waals surface area contributed by atoms with E-state index < -0.39 is 41.3 Å². The zero-order chi connectivity index (χ0) is 20.9. The van der Waals surface area contributed by atoms with Gasteiger partial charge in [0.05, 0.1) is 7.11 Å². The predicted octanol–water partition coefficient (Wildman–Crippen LogP) is 2.67. The number of hydrogen-bond donors (Lipinski definition) is 1. The smallest absolute Gasteiger partial charge is 0.408 e. The lowest BCUT2D eigenvalue weighted by Crippen LogP contribution is -2.59. The highest BCUT2D eigenvalue weighted by Crippen LogP contribution is 2.20. The van der Waals surface area contributed by atoms with Gasteiger partial charge in [0, 0.05) is 7.05 Å². The van der Waals surface area contributed by atoms with Crippen LogP contribution in [0.2, 0.25) is 0 Å². The average Bonchev–Trinajstić information content (AvgIpc) is 2.45. The van der Waals surface area contributed by atoms with E-state index in [1.807, 2.05) is 13.8 Å². The maximum absolute atomic E-state index is 14.6. The van der Waals surface area contributed by atoms with Crippen molar-refractivity contribution < 1.29 is 28.2 Å². The molecule has 0 saturated heterocycles. The fraction of sp³-hybridized carbons (Fsp3) is 0.833. The number of esters is 1. The number of amides is 2. The van der Waals surface area contributed by atoms with Gasteiger partial charge < -0.3 is 19.7 Å². The number of alkyl halides is 1. The van der Waals surface area contributed by atoms with Gasteiger partial charge in [-0.15, -0.1) is 0 Å². The Morgan fingerprint density at radius 3 is 1.96 bits per heavy atom. The number of methoxy groups -OCH3 is 1. The standard InChI is InChI=1S/C18H33FN2O5/c1-11(2)10-12(15(23)25-9)21(8)14(22)13(18(6,7)19)20-16(24)26-17(3,4)5/h11-13H,10H2,1-9H3,(H,20,24)/t12-,13?/m0/s1. The monoisotopic (exact) mass is 376 g/mol. The van der Waals surface area contributed by atoms with E-state index in [1.54, 1.807) is 20.8 Å². The second-order valence-corrected chi connectivity index (χ2v) is 8.26. The van der Waals surface area contributed by atoms with Gasteiger partial charge in [-0.3, -0.25) is 4.79 Å². The molecule has 0 rings (SSSR count). The van der Waals surface area contributed by atoms with Crippen molar-refractivity contribution in [3.63, 3.8) is 0 Å². The van der Waals surface area contributed by atoms with Gasteiger partial charge in [-0.2, -0.15) is 0 Å². The summed E-state index contributed by atoms with van der Waals surface area (Å²) in [6.07, 6.45) is -0.561. The van der Waals surface area contributed by atoms with Crippen molar-refractivity contribution in [1.82, 2.24) is 10.2 Å². The average molecular weight is 376 g/mol. The second kappa shape index (κ2) is 9.19. The predicted molar refractivity (Wildman–Crippen MR) is 96.4 cm³/mol. The number of carbonyl (C=O) groups is 3. The van der Waals surface area contributed by atoms with E-state index in [1.165, 1.54) is 28.0 Å². The first-order valence-corrected chi connectivity index (χ1v) is 8.63. The number of rotatable bonds is 7. The number of ether oxygens (including phenoxy) is 2. The van der Waals surface area contributed by atoms with Crippen LogP contribution in [0.5, 0.6) is 0 Å². The van der Waals surface area contributed by atoms with Crippen molar-refractivity contribution in [1.29, 1.82) is 0 Å². The number of hydrogen-bond acceptors (Lipinski definition) is 5. The summed E-state index contributed by atoms with van der Waals surface area (Å²) in [6, 6.07) is -2.39. The summed E-state index contributed by atoms with van der Waals surface area (Å²) in [5.74, 6) is -1.23. The molecule has 0 aromatic heterocycles. The summed E-state index contributed by atoms with van der Waals surface area (Å²) in [5, 5.41) is 2.28. The van der Waals surface area contributed by atoms with Crippen molar-refractivity contribution in [2.75, 3.05) is 14.2 Å². The maximum Gasteiger partial charge on any atom is 0.408 e. The highest BCUT2D eigenvalue weighted by atomic mass is 19.1. The second-order valence-electron chi connectivity index (χ2n) is 8.26. The van der Waals surface area contributed by atoms with Crippen LogP contribution in [0.15, 0.2) is 0 Å². The van der Waals surface area contributed by atoms with E-state index in [-0.39, 0.29) is 5.92 Å². The van der Waals surface area contributed by atoms with Crippen LogP contribution in [0.25, 0.3) is 0 Å². The molecule has 0 aliphatic rings. The third-order valence-electron chi connectivity index (χ3n) is 3.58. The molecule has 8 heteroatoms. The van der Waals surface area contributed by atoms with E-state index in [0.717, 1.165) is 4.90 Å². The van der Waals surface area contributed by atoms with Crippen LogP contribution in [0.4, 0.5) is 9.18 Å². The molecule has 2 atom stereocenters. The number of nitrogens with zero attached hydrogens (tertiary/aromatic N) is 1. The molecule has 1 unspecified atom stereocenters. The Hall–Kier alpha value is -1.86. The molecule has 0 radical (unpaired) electrons. The molecular weight excluding hydrogens is 343 g/mol. The fourth-order valence-corrected chi connectivity index (χ4v) is 2.30. The Kier molecular flexibility index (Phi) is 8.53. The van der Waals surface area contributed by atoms with Gasteiger partial charge in [0.2, 0.25) is 5.91 Å². The van der Waals surface area contributed by atoms with E-state index in [9.17, 15) is 18.8 Å². The number of likely N-dealkylation sites (N-methyl/N-ethyl adjacent to an activating group) is 1. The number of carbonyl (C=O) groups excluding carboxylic acids is 3. The Morgan fingerprint density at radius 1 is 1.12 bits per heavy atom. The van der Waals surface area contributed by atoms with Crippen LogP contribution in [-0.2, 0) is 19.1 Å². The van der Waals surface area contributed by atoms with E-state index in [4.69, 9.17) is 9.47 Å². The Labute approximate surface area is 155 Å². The quantitative estimate of drug-likeness (QED) is 0.691. The maximum atomic E-state index is 14.6. The summed E-state index contributed by atoms with van der Waals surface area (Å²) in [4.78, 5) is 38.0. The van der Waals surface area contributed by atoms with Gasteiger partial charge in [-0.1, -0.05) is 13.8 Å². The minimum Gasteiger partial charge on any atom is -0.467 e. The number of alkyl carbamates (subject to hydrolysis) is 1. The van der Waals surface area contributed by atoms with Gasteiger partial charge in [-0.05, 0) is 47.0 Å². The molecule has 0 heterocycles. The molecule has 0 aromatic carbocycles. The summed E-state index contributed by atoms with van der Waals surface area (Å²) in [7, 11) is 2.62. The van der Waals surface area contributed by atoms with E-state index in [0.29, 0.717) is 6.42 Å². The molecule has 0 bridgehead atoms. The Balaban J connectivity index is 5.51. The number of nitrogens with one attached hydrogen (secondary N) is 1. The zero-order valence-electron chi connectivity index (χ0n) is 17.3. The highest BCUT2D eigenvalue weighted by Gasteiger charge is 2.42. The molecular formula is C18H33FN2O5. The normalized spacial score (nSPS) is 14.4. The van der Waals surface area contributed by atoms with Crippen molar-refractivity contribution in [3.05, 3.63) is 0 Å². The fourth-order valence-electron chi connectivity index (χ4n) is 2.30. The summed E-state index contributed by atoms with van der Waals surface area (Å²) < 4.78 is 24.5. The molecule has 0 saturated carbocycles. The van der Waals surface area contributed by atoms with Crippen LogP contribution in [0.1, 0.15) is 54.9 Å². The molecule has 2 amide bonds. The van der Waals surface area contributed by atoms with Gasteiger partial charge in [0.1, 0.15) is 23.4 Å². The first-order chi connectivity index (χ1) is 11.6. The lowest BCUT2D eigenvalue weighted by atomic mass is 9.97. The zero-order valence-corrected chi connectivity index (χ0v) is 17.3. The summed E-state index contributed by atoms with van der Waals surface area (Å²) in [5.41, 5.74) is -2.86. The Morgan fingerprint density at radius 2 is 1.62 bits per heavy atom. The van der Waals surface area contributed by atoms with Gasteiger partial charge in [0.15, 0.2) is 0 Å². The molecule has 1 N–H and O–H groups in total. The van der Waals surface area contributed by atoms with Crippen molar-refractivity contribution in [2.24, 2.45) is 5.92 Å². The third kappa shape index (κ3) is 8.01. The SMILES string of the molecule is COC(=O)[C@H](CC(C)C)N(C)C(=O)C(NC(=O)OC(C)(C)C)C(C)(C)F. The van der Waals surface area contributed by atoms with Gasteiger partial charge in [0.25, 0.3) is 0 Å². The summed E-state index contributed by atoms with van der Waals surface area (Å²) >= 11 is 0. The molecule has 0 spiro atoms. The first-order valence-electron chi connectivity index (χ1n) is 8.63. The minimum absolute atomic E-state index is 0.102. The highest BCUT2D eigenvalue weighted by molar-refractivity contribution is 5.90. The minimum atomic E-state index is -2.07. The molecule has 0 aliphatic carbocycles. The largest absolute Gasteiger partial charge is 0.467 e. The molecule has 0 fully saturated rings. The van der Waals surface area contributed by atoms with Crippen LogP contribution in [0.3, 0.4) is 0 Å². The number of halogens is 1. The molecule has 152 valence electrons. The van der Waals surface area contributed by atoms with Crippen LogP contribution < -0.4 is 5.32 Å². The molecule has 0 aliphatic heterocycles. The third-order valence-corrected chi connectivity index (χ3v) is 3.58. The van der Waals surface area contributed by atoms with Crippen molar-refractivity contribution >= 4 is 18.0 Å². The molecule has 26 heavy (non-hydrogen) atoms. The van der Waals surface area contributed by atoms with Gasteiger partial charge >= 0.3 is 12.1 Å². The molecule has 0 aromatic rings.